The average Bonchev–Trinajstić information content (AvgIpc) is 2.33. The summed E-state index contributed by atoms with van der Waals surface area (Å²) < 4.78 is 23.5. The molecule has 0 aromatic heterocycles. The number of carbonyl (C=O) groups excluding carboxylic acids is 1. The smallest absolute Gasteiger partial charge is 0.308 e. The number of rotatable bonds is 6. The van der Waals surface area contributed by atoms with Crippen molar-refractivity contribution in [2.75, 3.05) is 12.3 Å². The minimum atomic E-state index is -3.36. The molecule has 110 valence electrons. The van der Waals surface area contributed by atoms with Gasteiger partial charge in [-0.25, -0.2) is 8.42 Å². The fourth-order valence-corrected chi connectivity index (χ4v) is 4.07. The molecule has 0 aliphatic carbocycles. The van der Waals surface area contributed by atoms with Crippen molar-refractivity contribution in [3.8, 4) is 0 Å². The van der Waals surface area contributed by atoms with Crippen LogP contribution in [0.5, 0.6) is 0 Å². The molecule has 1 heterocycles. The van der Waals surface area contributed by atoms with E-state index in [1.807, 2.05) is 6.92 Å². The molecule has 2 N–H and O–H groups in total. The summed E-state index contributed by atoms with van der Waals surface area (Å²) in [6.07, 6.45) is 2.82. The van der Waals surface area contributed by atoms with Crippen LogP contribution >= 0.6 is 0 Å². The second-order valence-corrected chi connectivity index (χ2v) is 7.22. The highest BCUT2D eigenvalue weighted by molar-refractivity contribution is 7.92. The molecular weight excluding hydrogens is 270 g/mol. The number of sulfone groups is 1. The van der Waals surface area contributed by atoms with Gasteiger partial charge >= 0.3 is 5.97 Å². The Bertz CT molecular complexity index is 431. The van der Waals surface area contributed by atoms with E-state index in [2.05, 4.69) is 5.32 Å². The number of hydrogen-bond donors (Lipinski definition) is 2. The van der Waals surface area contributed by atoms with Crippen LogP contribution in [0.15, 0.2) is 0 Å². The van der Waals surface area contributed by atoms with E-state index in [4.69, 9.17) is 5.11 Å². The summed E-state index contributed by atoms with van der Waals surface area (Å²) in [5.74, 6) is -2.13. The lowest BCUT2D eigenvalue weighted by molar-refractivity contribution is -0.141. The summed E-state index contributed by atoms with van der Waals surface area (Å²) in [5, 5.41) is 10.4. The minimum absolute atomic E-state index is 0.00593. The summed E-state index contributed by atoms with van der Waals surface area (Å²) in [7, 11) is -3.36. The lowest BCUT2D eigenvalue weighted by Crippen LogP contribution is -2.45. The summed E-state index contributed by atoms with van der Waals surface area (Å²) in [6, 6.07) is 0. The molecule has 2 unspecified atom stereocenters. The Balaban J connectivity index is 2.57. The van der Waals surface area contributed by atoms with Crippen molar-refractivity contribution in [1.29, 1.82) is 0 Å². The maximum atomic E-state index is 11.9. The monoisotopic (exact) mass is 291 g/mol. The van der Waals surface area contributed by atoms with E-state index in [1.165, 1.54) is 0 Å². The fraction of sp³-hybridized carbons (Fsp3) is 0.833. The van der Waals surface area contributed by atoms with Crippen LogP contribution in [0, 0.1) is 5.92 Å². The van der Waals surface area contributed by atoms with Gasteiger partial charge in [-0.1, -0.05) is 19.8 Å². The zero-order chi connectivity index (χ0) is 14.5. The zero-order valence-electron chi connectivity index (χ0n) is 11.1. The molecule has 7 heteroatoms. The van der Waals surface area contributed by atoms with Crippen molar-refractivity contribution in [3.63, 3.8) is 0 Å². The summed E-state index contributed by atoms with van der Waals surface area (Å²) in [4.78, 5) is 22.8. The highest BCUT2D eigenvalue weighted by atomic mass is 32.2. The Kier molecular flexibility index (Phi) is 5.78. The molecule has 6 nitrogen and oxygen atoms in total. The van der Waals surface area contributed by atoms with Gasteiger partial charge < -0.3 is 10.4 Å². The number of aliphatic carboxylic acids is 1. The molecular formula is C12H21NO5S. The maximum Gasteiger partial charge on any atom is 0.308 e. The van der Waals surface area contributed by atoms with Gasteiger partial charge in [-0.05, 0) is 19.3 Å². The van der Waals surface area contributed by atoms with Crippen molar-refractivity contribution in [2.45, 2.75) is 44.3 Å². The Hall–Kier alpha value is -1.11. The number of nitrogens with one attached hydrogen (secondary N) is 1. The van der Waals surface area contributed by atoms with Crippen molar-refractivity contribution >= 4 is 21.7 Å². The third kappa shape index (κ3) is 4.49. The first kappa shape index (κ1) is 15.9. The highest BCUT2D eigenvalue weighted by Crippen LogP contribution is 2.19. The standard InChI is InChI=1S/C12H21NO5S/c1-2-5-9(12(15)16)8-13-11(14)10-6-3-4-7-19(10,17)18/h9-10H,2-8H2,1H3,(H,13,14)(H,15,16). The van der Waals surface area contributed by atoms with Gasteiger partial charge in [-0.2, -0.15) is 0 Å². The van der Waals surface area contributed by atoms with E-state index in [0.717, 1.165) is 0 Å². The first-order chi connectivity index (χ1) is 8.88. The highest BCUT2D eigenvalue weighted by Gasteiger charge is 2.35. The Labute approximate surface area is 113 Å². The summed E-state index contributed by atoms with van der Waals surface area (Å²) in [5.41, 5.74) is 0. The summed E-state index contributed by atoms with van der Waals surface area (Å²) in [6.45, 7) is 1.86. The lowest BCUT2D eigenvalue weighted by Gasteiger charge is -2.22. The third-order valence-electron chi connectivity index (χ3n) is 3.38. The predicted octanol–water partition coefficient (Wildman–Crippen LogP) is 0.571. The predicted molar refractivity (Wildman–Crippen MR) is 70.5 cm³/mol. The van der Waals surface area contributed by atoms with Crippen LogP contribution in [0.1, 0.15) is 39.0 Å². The normalized spacial score (nSPS) is 23.5. The molecule has 1 aliphatic heterocycles. The van der Waals surface area contributed by atoms with E-state index in [9.17, 15) is 18.0 Å². The van der Waals surface area contributed by atoms with Gasteiger partial charge in [0.25, 0.3) is 0 Å². The number of carboxylic acids is 1. The topological polar surface area (TPSA) is 101 Å². The van der Waals surface area contributed by atoms with Gasteiger partial charge in [0.1, 0.15) is 5.25 Å². The van der Waals surface area contributed by atoms with Gasteiger partial charge in [-0.3, -0.25) is 9.59 Å². The molecule has 0 saturated carbocycles. The Morgan fingerprint density at radius 2 is 2.05 bits per heavy atom. The Morgan fingerprint density at radius 1 is 1.37 bits per heavy atom. The third-order valence-corrected chi connectivity index (χ3v) is 5.55. The van der Waals surface area contributed by atoms with Gasteiger partial charge in [0, 0.05) is 6.54 Å². The van der Waals surface area contributed by atoms with Crippen LogP contribution in [0.3, 0.4) is 0 Å². The first-order valence-corrected chi connectivity index (χ1v) is 8.32. The molecule has 2 atom stereocenters. The van der Waals surface area contributed by atoms with Crippen LogP contribution in [0.2, 0.25) is 0 Å². The van der Waals surface area contributed by atoms with E-state index >= 15 is 0 Å². The summed E-state index contributed by atoms with van der Waals surface area (Å²) >= 11 is 0. The molecule has 1 fully saturated rings. The minimum Gasteiger partial charge on any atom is -0.481 e. The maximum absolute atomic E-state index is 11.9. The van der Waals surface area contributed by atoms with E-state index < -0.39 is 32.9 Å². The van der Waals surface area contributed by atoms with Crippen LogP contribution in [0.4, 0.5) is 0 Å². The molecule has 0 radical (unpaired) electrons. The van der Waals surface area contributed by atoms with Crippen LogP contribution in [-0.4, -0.2) is 42.9 Å². The second kappa shape index (κ2) is 6.88. The number of hydrogen-bond acceptors (Lipinski definition) is 4. The molecule has 1 saturated heterocycles. The zero-order valence-corrected chi connectivity index (χ0v) is 11.9. The number of carboxylic acid groups (broad SMARTS) is 1. The fourth-order valence-electron chi connectivity index (χ4n) is 2.25. The second-order valence-electron chi connectivity index (χ2n) is 4.92. The lowest BCUT2D eigenvalue weighted by atomic mass is 10.0. The van der Waals surface area contributed by atoms with Gasteiger partial charge in [0.15, 0.2) is 9.84 Å². The van der Waals surface area contributed by atoms with Gasteiger partial charge in [0.05, 0.1) is 11.7 Å². The van der Waals surface area contributed by atoms with Crippen molar-refractivity contribution in [1.82, 2.24) is 5.32 Å². The van der Waals surface area contributed by atoms with Crippen LogP contribution in [-0.2, 0) is 19.4 Å². The van der Waals surface area contributed by atoms with Gasteiger partial charge in [0.2, 0.25) is 5.91 Å². The van der Waals surface area contributed by atoms with Crippen LogP contribution in [0.25, 0.3) is 0 Å². The van der Waals surface area contributed by atoms with Crippen molar-refractivity contribution < 1.29 is 23.1 Å². The first-order valence-electron chi connectivity index (χ1n) is 6.60. The number of amides is 1. The molecule has 1 rings (SSSR count). The van der Waals surface area contributed by atoms with E-state index in [-0.39, 0.29) is 12.3 Å². The molecule has 19 heavy (non-hydrogen) atoms. The molecule has 0 spiro atoms. The average molecular weight is 291 g/mol. The van der Waals surface area contributed by atoms with Crippen LogP contribution < -0.4 is 5.32 Å². The largest absolute Gasteiger partial charge is 0.481 e. The SMILES string of the molecule is CCCC(CNC(=O)C1CCCCS1(=O)=O)C(=O)O. The van der Waals surface area contributed by atoms with Crippen molar-refractivity contribution in [2.24, 2.45) is 5.92 Å². The Morgan fingerprint density at radius 3 is 2.58 bits per heavy atom. The van der Waals surface area contributed by atoms with Crippen molar-refractivity contribution in [3.05, 3.63) is 0 Å². The molecule has 0 aromatic rings. The molecule has 1 aliphatic rings. The van der Waals surface area contributed by atoms with Gasteiger partial charge in [-0.15, -0.1) is 0 Å². The van der Waals surface area contributed by atoms with E-state index in [0.29, 0.717) is 32.1 Å². The number of carbonyl (C=O) groups is 2. The molecule has 1 amide bonds. The van der Waals surface area contributed by atoms with E-state index in [1.54, 1.807) is 0 Å². The molecule has 0 aromatic carbocycles. The quantitative estimate of drug-likeness (QED) is 0.745. The molecule has 0 bridgehead atoms.